The summed E-state index contributed by atoms with van der Waals surface area (Å²) in [4.78, 5) is 1.35. The monoisotopic (exact) mass is 396 g/mol. The third-order valence-electron chi connectivity index (χ3n) is 3.84. The van der Waals surface area contributed by atoms with E-state index < -0.39 is 0 Å². The molecule has 0 aromatic heterocycles. The lowest BCUT2D eigenvalue weighted by Crippen LogP contribution is -2.21. The number of hydrogen-bond acceptors (Lipinski definition) is 2. The highest BCUT2D eigenvalue weighted by Gasteiger charge is 2.26. The van der Waals surface area contributed by atoms with E-state index in [2.05, 4.69) is 53.2 Å². The maximum Gasteiger partial charge on any atom is 0.0846 e. The fourth-order valence-corrected chi connectivity index (χ4v) is 4.95. The lowest BCUT2D eigenvalue weighted by Gasteiger charge is -2.30. The van der Waals surface area contributed by atoms with Gasteiger partial charge in [0.1, 0.15) is 0 Å². The van der Waals surface area contributed by atoms with Crippen LogP contribution in [-0.4, -0.2) is 11.9 Å². The summed E-state index contributed by atoms with van der Waals surface area (Å²) in [5.74, 6) is 0. The van der Waals surface area contributed by atoms with Gasteiger partial charge in [-0.3, -0.25) is 0 Å². The Morgan fingerprint density at radius 3 is 2.86 bits per heavy atom. The minimum Gasteiger partial charge on any atom is -0.373 e. The van der Waals surface area contributed by atoms with Gasteiger partial charge < -0.3 is 4.74 Å². The molecule has 0 N–H and O–H groups in total. The van der Waals surface area contributed by atoms with E-state index in [0.29, 0.717) is 5.25 Å². The second kappa shape index (κ2) is 7.39. The van der Waals surface area contributed by atoms with E-state index >= 15 is 0 Å². The van der Waals surface area contributed by atoms with Gasteiger partial charge in [0.25, 0.3) is 0 Å². The Morgan fingerprint density at radius 2 is 2.09 bits per heavy atom. The van der Waals surface area contributed by atoms with Crippen molar-refractivity contribution in [1.29, 1.82) is 0 Å². The first kappa shape index (κ1) is 16.4. The zero-order chi connectivity index (χ0) is 15.5. The molecule has 22 heavy (non-hydrogen) atoms. The molecule has 0 amide bonds. The van der Waals surface area contributed by atoms with Crippen LogP contribution >= 0.6 is 39.3 Å². The van der Waals surface area contributed by atoms with Gasteiger partial charge >= 0.3 is 0 Å². The Balaban J connectivity index is 1.71. The second-order valence-electron chi connectivity index (χ2n) is 5.61. The van der Waals surface area contributed by atoms with Crippen LogP contribution in [0.4, 0.5) is 0 Å². The van der Waals surface area contributed by atoms with Gasteiger partial charge in [-0.1, -0.05) is 51.3 Å². The van der Waals surface area contributed by atoms with Crippen molar-refractivity contribution < 1.29 is 4.74 Å². The molecule has 1 heterocycles. The van der Waals surface area contributed by atoms with Crippen LogP contribution in [0.1, 0.15) is 30.1 Å². The number of rotatable bonds is 3. The van der Waals surface area contributed by atoms with Crippen LogP contribution in [-0.2, 0) is 4.74 Å². The standard InChI is InChI=1S/C18H18BrClOS/c1-12-3-2-4-14(9-12)22-15-7-8-21-18(11-15)16-6-5-13(20)10-17(16)19/h2-6,9-10,15,18H,7-8,11H2,1H3. The zero-order valence-electron chi connectivity index (χ0n) is 12.4. The van der Waals surface area contributed by atoms with Crippen molar-refractivity contribution >= 4 is 39.3 Å². The molecule has 0 aliphatic carbocycles. The van der Waals surface area contributed by atoms with E-state index in [1.807, 2.05) is 23.9 Å². The van der Waals surface area contributed by atoms with Crippen LogP contribution in [0.2, 0.25) is 5.02 Å². The zero-order valence-corrected chi connectivity index (χ0v) is 15.5. The van der Waals surface area contributed by atoms with Crippen LogP contribution in [0.15, 0.2) is 51.8 Å². The molecule has 1 aliphatic heterocycles. The van der Waals surface area contributed by atoms with E-state index in [0.717, 1.165) is 28.9 Å². The van der Waals surface area contributed by atoms with Crippen molar-refractivity contribution in [2.24, 2.45) is 0 Å². The average molecular weight is 398 g/mol. The van der Waals surface area contributed by atoms with Crippen molar-refractivity contribution in [2.45, 2.75) is 36.0 Å². The molecular weight excluding hydrogens is 380 g/mol. The average Bonchev–Trinajstić information content (AvgIpc) is 2.47. The van der Waals surface area contributed by atoms with Crippen molar-refractivity contribution in [3.8, 4) is 0 Å². The minimum absolute atomic E-state index is 0.141. The van der Waals surface area contributed by atoms with Gasteiger partial charge in [-0.2, -0.15) is 0 Å². The molecule has 116 valence electrons. The fraction of sp³-hybridized carbons (Fsp3) is 0.333. The lowest BCUT2D eigenvalue weighted by molar-refractivity contribution is 0.0174. The highest BCUT2D eigenvalue weighted by atomic mass is 79.9. The maximum absolute atomic E-state index is 6.03. The molecule has 1 saturated heterocycles. The Bertz CT molecular complexity index is 661. The Labute approximate surface area is 149 Å². The Hall–Kier alpha value is -0.480. The first-order valence-corrected chi connectivity index (χ1v) is 9.47. The highest BCUT2D eigenvalue weighted by Crippen LogP contribution is 2.40. The molecular formula is C18H18BrClOS. The van der Waals surface area contributed by atoms with Gasteiger partial charge in [-0.05, 0) is 49.6 Å². The summed E-state index contributed by atoms with van der Waals surface area (Å²) in [6.45, 7) is 2.95. The van der Waals surface area contributed by atoms with E-state index in [1.165, 1.54) is 16.0 Å². The molecule has 0 radical (unpaired) electrons. The first-order valence-electron chi connectivity index (χ1n) is 7.41. The number of aryl methyl sites for hydroxylation is 1. The summed E-state index contributed by atoms with van der Waals surface area (Å²) in [7, 11) is 0. The van der Waals surface area contributed by atoms with E-state index in [1.54, 1.807) is 0 Å². The molecule has 0 spiro atoms. The molecule has 4 heteroatoms. The number of thioether (sulfide) groups is 1. The molecule has 1 nitrogen and oxygen atoms in total. The molecule has 2 aromatic carbocycles. The van der Waals surface area contributed by atoms with E-state index in [9.17, 15) is 0 Å². The molecule has 2 aromatic rings. The molecule has 1 aliphatic rings. The highest BCUT2D eigenvalue weighted by molar-refractivity contribution is 9.10. The number of benzene rings is 2. The van der Waals surface area contributed by atoms with Gasteiger partial charge in [0.05, 0.1) is 6.10 Å². The van der Waals surface area contributed by atoms with Crippen LogP contribution in [0.25, 0.3) is 0 Å². The summed E-state index contributed by atoms with van der Waals surface area (Å²) in [6.07, 6.45) is 2.27. The van der Waals surface area contributed by atoms with Crippen molar-refractivity contribution in [3.05, 3.63) is 63.1 Å². The number of hydrogen-bond donors (Lipinski definition) is 0. The summed E-state index contributed by atoms with van der Waals surface area (Å²) in [6, 6.07) is 14.7. The van der Waals surface area contributed by atoms with Gasteiger partial charge in [-0.15, -0.1) is 11.8 Å². The largest absolute Gasteiger partial charge is 0.373 e. The smallest absolute Gasteiger partial charge is 0.0846 e. The quantitative estimate of drug-likeness (QED) is 0.590. The minimum atomic E-state index is 0.141. The van der Waals surface area contributed by atoms with Crippen LogP contribution in [0.3, 0.4) is 0 Å². The topological polar surface area (TPSA) is 9.23 Å². The summed E-state index contributed by atoms with van der Waals surface area (Å²) < 4.78 is 7.02. The third kappa shape index (κ3) is 4.08. The maximum atomic E-state index is 6.03. The lowest BCUT2D eigenvalue weighted by atomic mass is 10.0. The van der Waals surface area contributed by atoms with Crippen LogP contribution in [0.5, 0.6) is 0 Å². The first-order chi connectivity index (χ1) is 10.6. The Kier molecular flexibility index (Phi) is 5.50. The predicted octanol–water partition coefficient (Wildman–Crippen LogP) is 6.42. The predicted molar refractivity (Wildman–Crippen MR) is 97.9 cm³/mol. The van der Waals surface area contributed by atoms with Crippen LogP contribution < -0.4 is 0 Å². The van der Waals surface area contributed by atoms with Gasteiger partial charge in [-0.25, -0.2) is 0 Å². The van der Waals surface area contributed by atoms with Gasteiger partial charge in [0.15, 0.2) is 0 Å². The van der Waals surface area contributed by atoms with Crippen molar-refractivity contribution in [2.75, 3.05) is 6.61 Å². The van der Waals surface area contributed by atoms with E-state index in [4.69, 9.17) is 16.3 Å². The fourth-order valence-electron chi connectivity index (χ4n) is 2.73. The summed E-state index contributed by atoms with van der Waals surface area (Å²) in [5, 5.41) is 1.33. The van der Waals surface area contributed by atoms with Gasteiger partial charge in [0, 0.05) is 26.2 Å². The van der Waals surface area contributed by atoms with Crippen molar-refractivity contribution in [3.63, 3.8) is 0 Å². The summed E-state index contributed by atoms with van der Waals surface area (Å²) >= 11 is 11.6. The molecule has 2 atom stereocenters. The molecule has 2 unspecified atom stereocenters. The molecule has 0 bridgehead atoms. The molecule has 3 rings (SSSR count). The molecule has 0 saturated carbocycles. The normalized spacial score (nSPS) is 21.8. The van der Waals surface area contributed by atoms with Crippen molar-refractivity contribution in [1.82, 2.24) is 0 Å². The summed E-state index contributed by atoms with van der Waals surface area (Å²) in [5.41, 5.74) is 2.51. The van der Waals surface area contributed by atoms with Gasteiger partial charge in [0.2, 0.25) is 0 Å². The second-order valence-corrected chi connectivity index (χ2v) is 8.27. The third-order valence-corrected chi connectivity index (χ3v) is 6.05. The van der Waals surface area contributed by atoms with E-state index in [-0.39, 0.29) is 6.10 Å². The Morgan fingerprint density at radius 1 is 1.23 bits per heavy atom. The number of halogens is 2. The number of ether oxygens (including phenoxy) is 1. The van der Waals surface area contributed by atoms with Crippen LogP contribution in [0, 0.1) is 6.92 Å². The SMILES string of the molecule is Cc1cccc(SC2CCOC(c3ccc(Cl)cc3Br)C2)c1. The molecule has 1 fully saturated rings.